The largest absolute Gasteiger partial charge is 0.416 e. The standard InChI is InChI=1S/C17H20F3N3O2S/c18-17(19,20)13-3-1-12(2-4-13)15(24)22-9-11-7-14(21-8-11)16(25)23-5-6-26-10-23/h1-4,11,14,21H,5-10H2,(H,22,24)/t11?,14-/m0/s1. The first-order valence-corrected chi connectivity index (χ1v) is 9.55. The van der Waals surface area contributed by atoms with Gasteiger partial charge >= 0.3 is 6.18 Å². The van der Waals surface area contributed by atoms with Crippen molar-refractivity contribution in [3.05, 3.63) is 35.4 Å². The van der Waals surface area contributed by atoms with Gasteiger partial charge in [-0.2, -0.15) is 13.2 Å². The summed E-state index contributed by atoms with van der Waals surface area (Å²) in [5.74, 6) is 1.51. The first kappa shape index (κ1) is 19.0. The van der Waals surface area contributed by atoms with Gasteiger partial charge in [-0.15, -0.1) is 11.8 Å². The van der Waals surface area contributed by atoms with E-state index in [4.69, 9.17) is 0 Å². The highest BCUT2D eigenvalue weighted by molar-refractivity contribution is 7.99. The van der Waals surface area contributed by atoms with Crippen LogP contribution in [0.15, 0.2) is 24.3 Å². The summed E-state index contributed by atoms with van der Waals surface area (Å²) in [5, 5.41) is 5.93. The van der Waals surface area contributed by atoms with Crippen molar-refractivity contribution in [1.82, 2.24) is 15.5 Å². The van der Waals surface area contributed by atoms with Crippen LogP contribution in [-0.4, -0.2) is 54.0 Å². The average molecular weight is 387 g/mol. The fourth-order valence-corrected chi connectivity index (χ4v) is 4.07. The zero-order valence-electron chi connectivity index (χ0n) is 14.0. The lowest BCUT2D eigenvalue weighted by atomic mass is 10.0. The van der Waals surface area contributed by atoms with Crippen LogP contribution < -0.4 is 10.6 Å². The number of hydrogen-bond acceptors (Lipinski definition) is 4. The third-order valence-corrected chi connectivity index (χ3v) is 5.58. The molecule has 1 aromatic carbocycles. The van der Waals surface area contributed by atoms with Gasteiger partial charge in [-0.1, -0.05) is 0 Å². The smallest absolute Gasteiger partial charge is 0.352 e. The number of rotatable bonds is 4. The van der Waals surface area contributed by atoms with Gasteiger partial charge in [0.25, 0.3) is 5.91 Å². The number of hydrogen-bond donors (Lipinski definition) is 2. The van der Waals surface area contributed by atoms with Gasteiger partial charge in [-0.25, -0.2) is 0 Å². The number of nitrogens with zero attached hydrogens (tertiary/aromatic N) is 1. The molecule has 2 aliphatic heterocycles. The molecule has 5 nitrogen and oxygen atoms in total. The summed E-state index contributed by atoms with van der Waals surface area (Å²) in [6.07, 6.45) is -3.77. The predicted octanol–water partition coefficient (Wildman–Crippen LogP) is 1.95. The molecule has 1 unspecified atom stereocenters. The molecule has 2 aliphatic rings. The van der Waals surface area contributed by atoms with E-state index in [2.05, 4.69) is 10.6 Å². The van der Waals surface area contributed by atoms with Gasteiger partial charge in [-0.3, -0.25) is 9.59 Å². The summed E-state index contributed by atoms with van der Waals surface area (Å²) in [7, 11) is 0. The van der Waals surface area contributed by atoms with Crippen molar-refractivity contribution in [2.45, 2.75) is 18.6 Å². The Kier molecular flexibility index (Phi) is 5.76. The monoisotopic (exact) mass is 387 g/mol. The minimum absolute atomic E-state index is 0.103. The number of thioether (sulfide) groups is 1. The Morgan fingerprint density at radius 3 is 2.62 bits per heavy atom. The van der Waals surface area contributed by atoms with E-state index in [1.54, 1.807) is 11.8 Å². The molecule has 0 bridgehead atoms. The topological polar surface area (TPSA) is 61.4 Å². The van der Waals surface area contributed by atoms with Crippen LogP contribution in [0.2, 0.25) is 0 Å². The maximum absolute atomic E-state index is 12.5. The SMILES string of the molecule is O=C(NCC1CN[C@H](C(=O)N2CCSC2)C1)c1ccc(C(F)(F)F)cc1. The summed E-state index contributed by atoms with van der Waals surface area (Å²) in [6.45, 7) is 1.78. The van der Waals surface area contributed by atoms with E-state index in [0.29, 0.717) is 19.5 Å². The highest BCUT2D eigenvalue weighted by Gasteiger charge is 2.33. The Bertz CT molecular complexity index is 660. The molecule has 0 spiro atoms. The maximum atomic E-state index is 12.5. The summed E-state index contributed by atoms with van der Waals surface area (Å²) in [4.78, 5) is 26.3. The number of alkyl halides is 3. The minimum Gasteiger partial charge on any atom is -0.352 e. The molecule has 142 valence electrons. The highest BCUT2D eigenvalue weighted by Crippen LogP contribution is 2.29. The van der Waals surface area contributed by atoms with Crippen molar-refractivity contribution in [3.8, 4) is 0 Å². The van der Waals surface area contributed by atoms with E-state index in [1.165, 1.54) is 12.1 Å². The number of halogens is 3. The quantitative estimate of drug-likeness (QED) is 0.829. The third kappa shape index (κ3) is 4.50. The highest BCUT2D eigenvalue weighted by atomic mass is 32.2. The van der Waals surface area contributed by atoms with Crippen molar-refractivity contribution in [2.24, 2.45) is 5.92 Å². The van der Waals surface area contributed by atoms with Crippen molar-refractivity contribution >= 4 is 23.6 Å². The van der Waals surface area contributed by atoms with Crippen molar-refractivity contribution < 1.29 is 22.8 Å². The van der Waals surface area contributed by atoms with E-state index in [-0.39, 0.29) is 23.4 Å². The molecule has 0 aliphatic carbocycles. The fourth-order valence-electron chi connectivity index (χ4n) is 3.11. The van der Waals surface area contributed by atoms with Crippen molar-refractivity contribution in [3.63, 3.8) is 0 Å². The number of carbonyl (C=O) groups excluding carboxylic acids is 2. The Labute approximate surface area is 153 Å². The van der Waals surface area contributed by atoms with Crippen molar-refractivity contribution in [1.29, 1.82) is 0 Å². The Balaban J connectivity index is 1.47. The van der Waals surface area contributed by atoms with Crippen LogP contribution in [0.1, 0.15) is 22.3 Å². The Morgan fingerprint density at radius 1 is 1.27 bits per heavy atom. The van der Waals surface area contributed by atoms with E-state index in [9.17, 15) is 22.8 Å². The second-order valence-electron chi connectivity index (χ2n) is 6.49. The summed E-state index contributed by atoms with van der Waals surface area (Å²) in [6, 6.07) is 3.91. The van der Waals surface area contributed by atoms with Gasteiger partial charge < -0.3 is 15.5 Å². The molecule has 3 rings (SSSR count). The molecule has 2 fully saturated rings. The molecular formula is C17H20F3N3O2S. The fraction of sp³-hybridized carbons (Fsp3) is 0.529. The molecule has 2 amide bonds. The summed E-state index contributed by atoms with van der Waals surface area (Å²) >= 11 is 1.73. The Hall–Kier alpha value is -1.74. The Morgan fingerprint density at radius 2 is 2.00 bits per heavy atom. The minimum atomic E-state index is -4.42. The molecule has 2 saturated heterocycles. The van der Waals surface area contributed by atoms with Crippen LogP contribution in [-0.2, 0) is 11.0 Å². The second-order valence-corrected chi connectivity index (χ2v) is 7.56. The van der Waals surface area contributed by atoms with E-state index in [0.717, 1.165) is 30.3 Å². The number of benzene rings is 1. The van der Waals surface area contributed by atoms with Gasteiger partial charge in [0.2, 0.25) is 5.91 Å². The summed E-state index contributed by atoms with van der Waals surface area (Å²) < 4.78 is 37.6. The maximum Gasteiger partial charge on any atom is 0.416 e. The molecule has 26 heavy (non-hydrogen) atoms. The van der Waals surface area contributed by atoms with E-state index < -0.39 is 17.6 Å². The van der Waals surface area contributed by atoms with Crippen molar-refractivity contribution in [2.75, 3.05) is 31.3 Å². The predicted molar refractivity (Wildman–Crippen MR) is 92.7 cm³/mol. The van der Waals surface area contributed by atoms with Gasteiger partial charge in [0.15, 0.2) is 0 Å². The molecule has 0 radical (unpaired) electrons. The lowest BCUT2D eigenvalue weighted by Gasteiger charge is -2.19. The molecular weight excluding hydrogens is 367 g/mol. The zero-order chi connectivity index (χ0) is 18.7. The van der Waals surface area contributed by atoms with Crippen LogP contribution in [0.3, 0.4) is 0 Å². The summed E-state index contributed by atoms with van der Waals surface area (Å²) in [5.41, 5.74) is -0.596. The number of carbonyl (C=O) groups is 2. The van der Waals surface area contributed by atoms with E-state index in [1.807, 2.05) is 4.90 Å². The molecule has 9 heteroatoms. The van der Waals surface area contributed by atoms with Crippen LogP contribution in [0.5, 0.6) is 0 Å². The first-order chi connectivity index (χ1) is 12.3. The van der Waals surface area contributed by atoms with Gasteiger partial charge in [-0.05, 0) is 36.6 Å². The molecule has 1 aromatic rings. The second kappa shape index (κ2) is 7.87. The molecule has 0 aromatic heterocycles. The molecule has 2 atom stereocenters. The van der Waals surface area contributed by atoms with E-state index >= 15 is 0 Å². The van der Waals surface area contributed by atoms with Crippen LogP contribution in [0.25, 0.3) is 0 Å². The number of amides is 2. The van der Waals surface area contributed by atoms with Gasteiger partial charge in [0.05, 0.1) is 17.5 Å². The third-order valence-electron chi connectivity index (χ3n) is 4.61. The van der Waals surface area contributed by atoms with Crippen LogP contribution in [0.4, 0.5) is 13.2 Å². The van der Waals surface area contributed by atoms with Gasteiger partial charge in [0.1, 0.15) is 0 Å². The lowest BCUT2D eigenvalue weighted by Crippen LogP contribution is -2.42. The average Bonchev–Trinajstić information content (AvgIpc) is 3.30. The zero-order valence-corrected chi connectivity index (χ0v) is 14.8. The number of nitrogens with one attached hydrogen (secondary N) is 2. The molecule has 0 saturated carbocycles. The first-order valence-electron chi connectivity index (χ1n) is 8.40. The lowest BCUT2D eigenvalue weighted by molar-refractivity contribution is -0.137. The van der Waals surface area contributed by atoms with Crippen LogP contribution in [0, 0.1) is 5.92 Å². The van der Waals surface area contributed by atoms with Gasteiger partial charge in [0, 0.05) is 31.0 Å². The molecule has 2 N–H and O–H groups in total. The normalized spacial score (nSPS) is 23.3. The molecule has 2 heterocycles. The van der Waals surface area contributed by atoms with Crippen LogP contribution >= 0.6 is 11.8 Å².